The molecule has 1 aromatic carbocycles. The van der Waals surface area contributed by atoms with Crippen molar-refractivity contribution in [1.82, 2.24) is 5.32 Å². The zero-order chi connectivity index (χ0) is 12.3. The van der Waals surface area contributed by atoms with Crippen molar-refractivity contribution in [3.05, 3.63) is 35.4 Å². The molecule has 0 amide bonds. The highest BCUT2D eigenvalue weighted by Gasteiger charge is 2.15. The molecule has 1 rings (SSSR count). The number of aliphatic hydroxyl groups is 1. The van der Waals surface area contributed by atoms with Crippen LogP contribution in [0.2, 0.25) is 0 Å². The lowest BCUT2D eigenvalue weighted by Gasteiger charge is -2.22. The molecule has 0 fully saturated rings. The van der Waals surface area contributed by atoms with E-state index in [1.165, 1.54) is 12.1 Å². The Labute approximate surface area is 94.3 Å². The predicted octanol–water partition coefficient (Wildman–Crippen LogP) is 2.39. The molecule has 0 aromatic heterocycles. The molecule has 1 atom stereocenters. The average Bonchev–Trinajstić information content (AvgIpc) is 2.11. The first kappa shape index (κ1) is 13.1. The van der Waals surface area contributed by atoms with Crippen molar-refractivity contribution in [2.45, 2.75) is 32.4 Å². The first-order chi connectivity index (χ1) is 7.28. The van der Waals surface area contributed by atoms with Crippen LogP contribution < -0.4 is 5.32 Å². The molecule has 16 heavy (non-hydrogen) atoms. The van der Waals surface area contributed by atoms with Crippen LogP contribution in [0.5, 0.6) is 0 Å². The van der Waals surface area contributed by atoms with E-state index in [2.05, 4.69) is 5.32 Å². The van der Waals surface area contributed by atoms with Crippen LogP contribution in [-0.4, -0.2) is 17.3 Å². The molecule has 0 radical (unpaired) electrons. The largest absolute Gasteiger partial charge is 0.389 e. The van der Waals surface area contributed by atoms with Crippen LogP contribution in [-0.2, 0) is 0 Å². The highest BCUT2D eigenvalue weighted by Crippen LogP contribution is 2.16. The van der Waals surface area contributed by atoms with E-state index in [4.69, 9.17) is 0 Å². The van der Waals surface area contributed by atoms with Gasteiger partial charge >= 0.3 is 0 Å². The molecule has 0 bridgehead atoms. The van der Waals surface area contributed by atoms with E-state index in [-0.39, 0.29) is 6.04 Å². The summed E-state index contributed by atoms with van der Waals surface area (Å²) in [4.78, 5) is 0. The molecule has 4 heteroatoms. The molecule has 2 nitrogen and oxygen atoms in total. The first-order valence-electron chi connectivity index (χ1n) is 5.20. The maximum atomic E-state index is 12.9. The zero-order valence-corrected chi connectivity index (χ0v) is 9.72. The molecule has 0 aliphatic heterocycles. The van der Waals surface area contributed by atoms with Crippen molar-refractivity contribution in [2.75, 3.05) is 6.54 Å². The molecular formula is C12H17F2NO. The Kier molecular flexibility index (Phi) is 3.99. The molecular weight excluding hydrogens is 212 g/mol. The topological polar surface area (TPSA) is 32.3 Å². The minimum atomic E-state index is -0.847. The highest BCUT2D eigenvalue weighted by atomic mass is 19.1. The molecule has 0 saturated carbocycles. The van der Waals surface area contributed by atoms with E-state index in [9.17, 15) is 13.9 Å². The third-order valence-electron chi connectivity index (χ3n) is 2.23. The molecule has 0 heterocycles. The first-order valence-corrected chi connectivity index (χ1v) is 5.20. The van der Waals surface area contributed by atoms with Crippen molar-refractivity contribution >= 4 is 0 Å². The maximum Gasteiger partial charge on any atom is 0.126 e. The SMILES string of the molecule is CC(NCC(C)(C)O)c1cc(F)cc(F)c1. The molecule has 0 saturated heterocycles. The van der Waals surface area contributed by atoms with E-state index < -0.39 is 17.2 Å². The average molecular weight is 229 g/mol. The summed E-state index contributed by atoms with van der Waals surface area (Å²) >= 11 is 0. The van der Waals surface area contributed by atoms with Gasteiger partial charge in [0.2, 0.25) is 0 Å². The van der Waals surface area contributed by atoms with E-state index in [1.807, 2.05) is 0 Å². The second-order valence-corrected chi connectivity index (χ2v) is 4.62. The van der Waals surface area contributed by atoms with Gasteiger partial charge in [0.05, 0.1) is 5.60 Å². The fraction of sp³-hybridized carbons (Fsp3) is 0.500. The lowest BCUT2D eigenvalue weighted by Crippen LogP contribution is -2.36. The smallest absolute Gasteiger partial charge is 0.126 e. The summed E-state index contributed by atoms with van der Waals surface area (Å²) in [5.74, 6) is -1.18. The third kappa shape index (κ3) is 4.24. The summed E-state index contributed by atoms with van der Waals surface area (Å²) in [7, 11) is 0. The van der Waals surface area contributed by atoms with E-state index in [0.717, 1.165) is 6.07 Å². The summed E-state index contributed by atoms with van der Waals surface area (Å²) in [5.41, 5.74) is -0.318. The third-order valence-corrected chi connectivity index (χ3v) is 2.23. The van der Waals surface area contributed by atoms with Crippen LogP contribution in [0.1, 0.15) is 32.4 Å². The highest BCUT2D eigenvalue weighted by molar-refractivity contribution is 5.20. The van der Waals surface area contributed by atoms with Gasteiger partial charge in [0, 0.05) is 18.7 Å². The second kappa shape index (κ2) is 4.89. The number of halogens is 2. The van der Waals surface area contributed by atoms with Crippen LogP contribution in [0.3, 0.4) is 0 Å². The van der Waals surface area contributed by atoms with Gasteiger partial charge in [-0.25, -0.2) is 8.78 Å². The maximum absolute atomic E-state index is 12.9. The minimum absolute atomic E-state index is 0.211. The Morgan fingerprint density at radius 2 is 1.75 bits per heavy atom. The quantitative estimate of drug-likeness (QED) is 0.830. The van der Waals surface area contributed by atoms with Crippen molar-refractivity contribution in [3.63, 3.8) is 0 Å². The number of hydrogen-bond acceptors (Lipinski definition) is 2. The minimum Gasteiger partial charge on any atom is -0.389 e. The van der Waals surface area contributed by atoms with Gasteiger partial charge in [-0.1, -0.05) is 0 Å². The fourth-order valence-corrected chi connectivity index (χ4v) is 1.35. The van der Waals surface area contributed by atoms with Gasteiger partial charge in [-0.2, -0.15) is 0 Å². The van der Waals surface area contributed by atoms with E-state index >= 15 is 0 Å². The molecule has 0 spiro atoms. The van der Waals surface area contributed by atoms with Gasteiger partial charge in [0.25, 0.3) is 0 Å². The van der Waals surface area contributed by atoms with Crippen molar-refractivity contribution in [1.29, 1.82) is 0 Å². The van der Waals surface area contributed by atoms with Crippen LogP contribution in [0.25, 0.3) is 0 Å². The fourth-order valence-electron chi connectivity index (χ4n) is 1.35. The van der Waals surface area contributed by atoms with Gasteiger partial charge in [0.15, 0.2) is 0 Å². The summed E-state index contributed by atoms with van der Waals surface area (Å²) in [6.07, 6.45) is 0. The van der Waals surface area contributed by atoms with Crippen molar-refractivity contribution in [2.24, 2.45) is 0 Å². The van der Waals surface area contributed by atoms with Crippen molar-refractivity contribution < 1.29 is 13.9 Å². The lowest BCUT2D eigenvalue weighted by atomic mass is 10.1. The summed E-state index contributed by atoms with van der Waals surface area (Å²) in [6.45, 7) is 5.48. The Balaban J connectivity index is 2.69. The summed E-state index contributed by atoms with van der Waals surface area (Å²) in [5, 5.41) is 12.5. The molecule has 1 aromatic rings. The second-order valence-electron chi connectivity index (χ2n) is 4.62. The number of benzene rings is 1. The Morgan fingerprint density at radius 1 is 1.25 bits per heavy atom. The standard InChI is InChI=1S/C12H17F2NO/c1-8(15-7-12(2,3)16)9-4-10(13)6-11(14)5-9/h4-6,8,15-16H,7H2,1-3H3. The summed E-state index contributed by atoms with van der Waals surface area (Å²) in [6, 6.07) is 3.19. The lowest BCUT2D eigenvalue weighted by molar-refractivity contribution is 0.0770. The van der Waals surface area contributed by atoms with Gasteiger partial charge in [0.1, 0.15) is 11.6 Å². The Hall–Kier alpha value is -1.00. The number of nitrogens with one attached hydrogen (secondary N) is 1. The molecule has 90 valence electrons. The predicted molar refractivity (Wildman–Crippen MR) is 59.1 cm³/mol. The number of hydrogen-bond donors (Lipinski definition) is 2. The molecule has 0 aliphatic rings. The monoisotopic (exact) mass is 229 g/mol. The summed E-state index contributed by atoms with van der Waals surface area (Å²) < 4.78 is 25.9. The van der Waals surface area contributed by atoms with E-state index in [1.54, 1.807) is 20.8 Å². The molecule has 2 N–H and O–H groups in total. The molecule has 0 aliphatic carbocycles. The van der Waals surface area contributed by atoms with Crippen LogP contribution in [0.4, 0.5) is 8.78 Å². The van der Waals surface area contributed by atoms with Crippen LogP contribution >= 0.6 is 0 Å². The van der Waals surface area contributed by atoms with Crippen LogP contribution in [0.15, 0.2) is 18.2 Å². The van der Waals surface area contributed by atoms with Crippen molar-refractivity contribution in [3.8, 4) is 0 Å². The van der Waals surface area contributed by atoms with E-state index in [0.29, 0.717) is 12.1 Å². The van der Waals surface area contributed by atoms with Gasteiger partial charge < -0.3 is 10.4 Å². The number of rotatable bonds is 4. The zero-order valence-electron chi connectivity index (χ0n) is 9.72. The van der Waals surface area contributed by atoms with Gasteiger partial charge in [-0.05, 0) is 38.5 Å². The van der Waals surface area contributed by atoms with Crippen LogP contribution in [0, 0.1) is 11.6 Å². The van der Waals surface area contributed by atoms with Gasteiger partial charge in [-0.3, -0.25) is 0 Å². The Morgan fingerprint density at radius 3 is 2.19 bits per heavy atom. The molecule has 1 unspecified atom stereocenters. The van der Waals surface area contributed by atoms with Gasteiger partial charge in [-0.15, -0.1) is 0 Å². The normalized spacial score (nSPS) is 13.9. The Bertz CT molecular complexity index is 340.